The molecule has 1 amide bonds. The monoisotopic (exact) mass is 203 g/mol. The highest BCUT2D eigenvalue weighted by molar-refractivity contribution is 6.01. The number of carbonyl (C=O) groups is 1. The predicted octanol–water partition coefficient (Wildman–Crippen LogP) is 0.760. The molecule has 1 heterocycles. The second-order valence-corrected chi connectivity index (χ2v) is 3.00. The first kappa shape index (κ1) is 9.32. The standard InChI is InChI=1S/C9H9N5O/c1-6-4-2-3-5-7(6)10-9(15)8-11-13-14-12-8/h2-5H,1H3,(H,10,15)(H,11,12,13,14). The van der Waals surface area contributed by atoms with Gasteiger partial charge in [0.1, 0.15) is 0 Å². The maximum atomic E-state index is 11.5. The van der Waals surface area contributed by atoms with E-state index < -0.39 is 0 Å². The molecule has 1 aromatic heterocycles. The fourth-order valence-corrected chi connectivity index (χ4v) is 1.15. The third-order valence-electron chi connectivity index (χ3n) is 1.94. The minimum absolute atomic E-state index is 0.0262. The Kier molecular flexibility index (Phi) is 2.40. The molecular formula is C9H9N5O. The lowest BCUT2D eigenvalue weighted by Crippen LogP contribution is -2.14. The lowest BCUT2D eigenvalue weighted by Gasteiger charge is -2.04. The zero-order chi connectivity index (χ0) is 10.7. The molecule has 0 radical (unpaired) electrons. The number of anilines is 1. The van der Waals surface area contributed by atoms with Gasteiger partial charge in [0, 0.05) is 5.69 Å². The average molecular weight is 203 g/mol. The van der Waals surface area contributed by atoms with Gasteiger partial charge in [-0.2, -0.15) is 5.21 Å². The van der Waals surface area contributed by atoms with Gasteiger partial charge in [-0.15, -0.1) is 10.2 Å². The number of nitrogens with zero attached hydrogens (tertiary/aromatic N) is 3. The van der Waals surface area contributed by atoms with Crippen LogP contribution in [0.15, 0.2) is 24.3 Å². The van der Waals surface area contributed by atoms with Crippen molar-refractivity contribution in [2.75, 3.05) is 5.32 Å². The van der Waals surface area contributed by atoms with E-state index in [-0.39, 0.29) is 11.7 Å². The Morgan fingerprint density at radius 3 is 2.87 bits per heavy atom. The van der Waals surface area contributed by atoms with Crippen LogP contribution >= 0.6 is 0 Å². The molecule has 0 aliphatic carbocycles. The van der Waals surface area contributed by atoms with E-state index in [9.17, 15) is 4.79 Å². The summed E-state index contributed by atoms with van der Waals surface area (Å²) in [6, 6.07) is 7.47. The number of amides is 1. The maximum absolute atomic E-state index is 11.5. The van der Waals surface area contributed by atoms with Gasteiger partial charge < -0.3 is 5.32 Å². The van der Waals surface area contributed by atoms with Gasteiger partial charge in [-0.1, -0.05) is 18.2 Å². The molecule has 15 heavy (non-hydrogen) atoms. The summed E-state index contributed by atoms with van der Waals surface area (Å²) in [6.45, 7) is 1.91. The van der Waals surface area contributed by atoms with Crippen molar-refractivity contribution >= 4 is 11.6 Å². The van der Waals surface area contributed by atoms with Crippen molar-refractivity contribution in [1.82, 2.24) is 20.6 Å². The van der Waals surface area contributed by atoms with Crippen LogP contribution in [0, 0.1) is 6.92 Å². The summed E-state index contributed by atoms with van der Waals surface area (Å²) in [6.07, 6.45) is 0. The smallest absolute Gasteiger partial charge is 0.297 e. The SMILES string of the molecule is Cc1ccccc1NC(=O)c1nn[nH]n1. The van der Waals surface area contributed by atoms with Crippen LogP contribution in [0.3, 0.4) is 0 Å². The summed E-state index contributed by atoms with van der Waals surface area (Å²) in [7, 11) is 0. The first-order chi connectivity index (χ1) is 7.27. The van der Waals surface area contributed by atoms with Gasteiger partial charge in [0.05, 0.1) is 0 Å². The van der Waals surface area contributed by atoms with Crippen LogP contribution < -0.4 is 5.32 Å². The summed E-state index contributed by atoms with van der Waals surface area (Å²) < 4.78 is 0. The fraction of sp³-hybridized carbons (Fsp3) is 0.111. The average Bonchev–Trinajstić information content (AvgIpc) is 2.74. The van der Waals surface area contributed by atoms with E-state index in [4.69, 9.17) is 0 Å². The van der Waals surface area contributed by atoms with Gasteiger partial charge in [0.25, 0.3) is 11.7 Å². The molecular weight excluding hydrogens is 194 g/mol. The number of nitrogens with one attached hydrogen (secondary N) is 2. The number of tetrazole rings is 1. The Morgan fingerprint density at radius 1 is 1.40 bits per heavy atom. The van der Waals surface area contributed by atoms with Gasteiger partial charge >= 0.3 is 0 Å². The molecule has 76 valence electrons. The molecule has 0 spiro atoms. The molecule has 2 N–H and O–H groups in total. The molecule has 6 nitrogen and oxygen atoms in total. The fourth-order valence-electron chi connectivity index (χ4n) is 1.15. The summed E-state index contributed by atoms with van der Waals surface area (Å²) in [5.41, 5.74) is 1.72. The first-order valence-corrected chi connectivity index (χ1v) is 4.38. The molecule has 6 heteroatoms. The number of rotatable bonds is 2. The van der Waals surface area contributed by atoms with Crippen LogP contribution in [0.25, 0.3) is 0 Å². The summed E-state index contributed by atoms with van der Waals surface area (Å²) >= 11 is 0. The Labute approximate surface area is 85.7 Å². The molecule has 0 unspecified atom stereocenters. The van der Waals surface area contributed by atoms with E-state index in [1.807, 2.05) is 31.2 Å². The van der Waals surface area contributed by atoms with Gasteiger partial charge in [-0.25, -0.2) is 0 Å². The van der Waals surface area contributed by atoms with Crippen LogP contribution in [0.4, 0.5) is 5.69 Å². The van der Waals surface area contributed by atoms with Crippen molar-refractivity contribution in [2.24, 2.45) is 0 Å². The third-order valence-corrected chi connectivity index (χ3v) is 1.94. The predicted molar refractivity (Wildman–Crippen MR) is 53.3 cm³/mol. The first-order valence-electron chi connectivity index (χ1n) is 4.38. The lowest BCUT2D eigenvalue weighted by molar-refractivity contribution is 0.101. The van der Waals surface area contributed by atoms with E-state index in [1.54, 1.807) is 0 Å². The Morgan fingerprint density at radius 2 is 2.20 bits per heavy atom. The summed E-state index contributed by atoms with van der Waals surface area (Å²) in [5, 5.41) is 15.4. The van der Waals surface area contributed by atoms with Crippen LogP contribution in [0.2, 0.25) is 0 Å². The molecule has 0 atom stereocenters. The van der Waals surface area contributed by atoms with Crippen molar-refractivity contribution in [3.05, 3.63) is 35.7 Å². The van der Waals surface area contributed by atoms with Crippen molar-refractivity contribution < 1.29 is 4.79 Å². The number of aromatic nitrogens is 4. The molecule has 0 saturated heterocycles. The highest BCUT2D eigenvalue weighted by atomic mass is 16.2. The molecule has 1 aromatic carbocycles. The number of benzene rings is 1. The van der Waals surface area contributed by atoms with Crippen molar-refractivity contribution in [2.45, 2.75) is 6.92 Å². The van der Waals surface area contributed by atoms with Crippen LogP contribution in [-0.2, 0) is 0 Å². The van der Waals surface area contributed by atoms with Crippen molar-refractivity contribution in [1.29, 1.82) is 0 Å². The minimum atomic E-state index is -0.377. The Balaban J connectivity index is 2.17. The van der Waals surface area contributed by atoms with Gasteiger partial charge in [0.15, 0.2) is 0 Å². The quantitative estimate of drug-likeness (QED) is 0.754. The van der Waals surface area contributed by atoms with Crippen molar-refractivity contribution in [3.8, 4) is 0 Å². The molecule has 0 aliphatic heterocycles. The number of aryl methyl sites for hydroxylation is 1. The topological polar surface area (TPSA) is 83.6 Å². The number of H-pyrrole nitrogens is 1. The normalized spacial score (nSPS) is 9.93. The highest BCUT2D eigenvalue weighted by Crippen LogP contribution is 2.13. The van der Waals surface area contributed by atoms with E-state index in [1.165, 1.54) is 0 Å². The molecule has 0 saturated carbocycles. The number of hydrogen-bond acceptors (Lipinski definition) is 4. The summed E-state index contributed by atoms with van der Waals surface area (Å²) in [5.74, 6) is -0.351. The number of carbonyl (C=O) groups excluding carboxylic acids is 1. The maximum Gasteiger partial charge on any atom is 0.297 e. The zero-order valence-electron chi connectivity index (χ0n) is 8.06. The van der Waals surface area contributed by atoms with E-state index in [0.717, 1.165) is 11.3 Å². The summed E-state index contributed by atoms with van der Waals surface area (Å²) in [4.78, 5) is 11.5. The Hall–Kier alpha value is -2.24. The third kappa shape index (κ3) is 1.98. The van der Waals surface area contributed by atoms with Crippen LogP contribution in [0.1, 0.15) is 16.2 Å². The highest BCUT2D eigenvalue weighted by Gasteiger charge is 2.11. The van der Waals surface area contributed by atoms with Gasteiger partial charge in [-0.05, 0) is 23.8 Å². The van der Waals surface area contributed by atoms with E-state index in [2.05, 4.69) is 25.9 Å². The van der Waals surface area contributed by atoms with Crippen LogP contribution in [-0.4, -0.2) is 26.5 Å². The minimum Gasteiger partial charge on any atom is -0.319 e. The molecule has 0 aliphatic rings. The largest absolute Gasteiger partial charge is 0.319 e. The second-order valence-electron chi connectivity index (χ2n) is 3.00. The van der Waals surface area contributed by atoms with E-state index >= 15 is 0 Å². The van der Waals surface area contributed by atoms with Crippen molar-refractivity contribution in [3.63, 3.8) is 0 Å². The number of hydrogen-bond donors (Lipinski definition) is 2. The van der Waals surface area contributed by atoms with Crippen LogP contribution in [0.5, 0.6) is 0 Å². The Bertz CT molecular complexity index is 465. The molecule has 0 fully saturated rings. The van der Waals surface area contributed by atoms with E-state index in [0.29, 0.717) is 0 Å². The number of aromatic amines is 1. The van der Waals surface area contributed by atoms with Gasteiger partial charge in [0.2, 0.25) is 0 Å². The molecule has 2 aromatic rings. The zero-order valence-corrected chi connectivity index (χ0v) is 8.06. The van der Waals surface area contributed by atoms with Gasteiger partial charge in [-0.3, -0.25) is 4.79 Å². The molecule has 2 rings (SSSR count). The lowest BCUT2D eigenvalue weighted by atomic mass is 10.2. The molecule has 0 bridgehead atoms. The number of para-hydroxylation sites is 1. The second kappa shape index (κ2) is 3.87.